The van der Waals surface area contributed by atoms with Gasteiger partial charge in [0.1, 0.15) is 5.82 Å². The van der Waals surface area contributed by atoms with Gasteiger partial charge in [-0.2, -0.15) is 5.10 Å². The Balaban J connectivity index is 2.29. The molecule has 0 aromatic carbocycles. The summed E-state index contributed by atoms with van der Waals surface area (Å²) < 4.78 is 1.93. The van der Waals surface area contributed by atoms with Crippen molar-refractivity contribution in [3.8, 4) is 0 Å². The molecule has 2 N–H and O–H groups in total. The Kier molecular flexibility index (Phi) is 3.69. The van der Waals surface area contributed by atoms with E-state index in [9.17, 15) is 5.11 Å². The summed E-state index contributed by atoms with van der Waals surface area (Å²) in [4.78, 5) is 2.25. The molecule has 1 aliphatic rings. The van der Waals surface area contributed by atoms with E-state index in [1.54, 1.807) is 0 Å². The van der Waals surface area contributed by atoms with Gasteiger partial charge in [-0.05, 0) is 26.8 Å². The van der Waals surface area contributed by atoms with Crippen LogP contribution in [-0.4, -0.2) is 41.1 Å². The summed E-state index contributed by atoms with van der Waals surface area (Å²) in [7, 11) is 3.92. The summed E-state index contributed by atoms with van der Waals surface area (Å²) >= 11 is 0. The molecule has 96 valence electrons. The van der Waals surface area contributed by atoms with Crippen molar-refractivity contribution >= 4 is 5.82 Å². The van der Waals surface area contributed by atoms with Gasteiger partial charge < -0.3 is 15.3 Å². The molecule has 0 spiro atoms. The molecule has 0 bridgehead atoms. The maximum atomic E-state index is 9.77. The third-order valence-corrected chi connectivity index (χ3v) is 3.36. The van der Waals surface area contributed by atoms with E-state index >= 15 is 0 Å². The van der Waals surface area contributed by atoms with Crippen LogP contribution in [0.25, 0.3) is 0 Å². The lowest BCUT2D eigenvalue weighted by molar-refractivity contribution is 0.153. The topological polar surface area (TPSA) is 53.3 Å². The minimum absolute atomic E-state index is 0.207. The minimum Gasteiger partial charge on any atom is -0.391 e. The second-order valence-electron chi connectivity index (χ2n) is 4.78. The molecular weight excluding hydrogens is 216 g/mol. The number of rotatable bonds is 3. The van der Waals surface area contributed by atoms with Crippen LogP contribution >= 0.6 is 0 Å². The number of anilines is 1. The average molecular weight is 238 g/mol. The van der Waals surface area contributed by atoms with Crippen LogP contribution in [0, 0.1) is 6.92 Å². The minimum atomic E-state index is -0.207. The molecule has 17 heavy (non-hydrogen) atoms. The standard InChI is InChI=1S/C12H22N4O/c1-9-11(7-13-2)12(15(3)14-9)16-6-4-5-10(17)8-16/h10,13,17H,4-8H2,1-3H3. The van der Waals surface area contributed by atoms with Crippen LogP contribution in [0.2, 0.25) is 0 Å². The Morgan fingerprint density at radius 3 is 2.94 bits per heavy atom. The number of hydrogen-bond acceptors (Lipinski definition) is 4. The van der Waals surface area contributed by atoms with Gasteiger partial charge in [-0.1, -0.05) is 0 Å². The fourth-order valence-electron chi connectivity index (χ4n) is 2.62. The third-order valence-electron chi connectivity index (χ3n) is 3.36. The molecule has 1 aromatic heterocycles. The molecule has 1 fully saturated rings. The summed E-state index contributed by atoms with van der Waals surface area (Å²) in [6.45, 7) is 4.58. The number of nitrogens with zero attached hydrogens (tertiary/aromatic N) is 3. The molecule has 1 aliphatic heterocycles. The largest absolute Gasteiger partial charge is 0.391 e. The van der Waals surface area contributed by atoms with Crippen LogP contribution in [0.4, 0.5) is 5.82 Å². The normalized spacial score (nSPS) is 20.9. The summed E-state index contributed by atoms with van der Waals surface area (Å²) in [5.74, 6) is 1.15. The zero-order chi connectivity index (χ0) is 12.4. The molecule has 1 unspecified atom stereocenters. The van der Waals surface area contributed by atoms with Crippen LogP contribution in [0.1, 0.15) is 24.1 Å². The van der Waals surface area contributed by atoms with Gasteiger partial charge in [0.2, 0.25) is 0 Å². The smallest absolute Gasteiger partial charge is 0.131 e. The van der Waals surface area contributed by atoms with Crippen LogP contribution in [0.5, 0.6) is 0 Å². The lowest BCUT2D eigenvalue weighted by atomic mass is 10.1. The van der Waals surface area contributed by atoms with Crippen LogP contribution in [-0.2, 0) is 13.6 Å². The first-order valence-corrected chi connectivity index (χ1v) is 6.23. The van der Waals surface area contributed by atoms with Crippen LogP contribution < -0.4 is 10.2 Å². The van der Waals surface area contributed by atoms with E-state index in [0.29, 0.717) is 0 Å². The lowest BCUT2D eigenvalue weighted by Gasteiger charge is -2.32. The Bertz CT molecular complexity index is 388. The van der Waals surface area contributed by atoms with E-state index < -0.39 is 0 Å². The van der Waals surface area contributed by atoms with Crippen molar-refractivity contribution in [2.24, 2.45) is 7.05 Å². The van der Waals surface area contributed by atoms with Gasteiger partial charge in [0.25, 0.3) is 0 Å². The van der Waals surface area contributed by atoms with Crippen molar-refractivity contribution in [2.45, 2.75) is 32.4 Å². The molecule has 5 heteroatoms. The Hall–Kier alpha value is -1.07. The summed E-state index contributed by atoms with van der Waals surface area (Å²) in [5, 5.41) is 17.4. The molecular formula is C12H22N4O. The highest BCUT2D eigenvalue weighted by atomic mass is 16.3. The van der Waals surface area contributed by atoms with E-state index in [-0.39, 0.29) is 6.10 Å². The number of hydrogen-bond donors (Lipinski definition) is 2. The lowest BCUT2D eigenvalue weighted by Crippen LogP contribution is -2.39. The average Bonchev–Trinajstić information content (AvgIpc) is 2.54. The zero-order valence-electron chi connectivity index (χ0n) is 10.9. The number of aryl methyl sites for hydroxylation is 2. The third kappa shape index (κ3) is 2.45. The fourth-order valence-corrected chi connectivity index (χ4v) is 2.62. The number of nitrogens with one attached hydrogen (secondary N) is 1. The van der Waals surface area contributed by atoms with Crippen LogP contribution in [0.15, 0.2) is 0 Å². The van der Waals surface area contributed by atoms with Crippen molar-refractivity contribution in [3.05, 3.63) is 11.3 Å². The number of aliphatic hydroxyl groups excluding tert-OH is 1. The monoisotopic (exact) mass is 238 g/mol. The van der Waals surface area contributed by atoms with Gasteiger partial charge in [-0.3, -0.25) is 4.68 Å². The van der Waals surface area contributed by atoms with Gasteiger partial charge in [0, 0.05) is 32.2 Å². The molecule has 2 heterocycles. The number of β-amino-alcohol motifs (C(OH)–C–C–N with tert-alkyl or cyclic N) is 1. The van der Waals surface area contributed by atoms with Gasteiger partial charge in [0.05, 0.1) is 11.8 Å². The predicted molar refractivity (Wildman–Crippen MR) is 68.2 cm³/mol. The number of piperidine rings is 1. The van der Waals surface area contributed by atoms with Crippen molar-refractivity contribution in [1.82, 2.24) is 15.1 Å². The van der Waals surface area contributed by atoms with E-state index in [1.165, 1.54) is 5.56 Å². The SMILES string of the molecule is CNCc1c(C)nn(C)c1N1CCCC(O)C1. The molecule has 1 atom stereocenters. The quantitative estimate of drug-likeness (QED) is 0.801. The van der Waals surface area contributed by atoms with Gasteiger partial charge >= 0.3 is 0 Å². The number of aliphatic hydroxyl groups is 1. The number of aromatic nitrogens is 2. The van der Waals surface area contributed by atoms with Gasteiger partial charge in [-0.25, -0.2) is 0 Å². The molecule has 0 radical (unpaired) electrons. The Morgan fingerprint density at radius 2 is 2.29 bits per heavy atom. The maximum Gasteiger partial charge on any atom is 0.131 e. The molecule has 0 amide bonds. The second kappa shape index (κ2) is 5.06. The molecule has 2 rings (SSSR count). The molecule has 5 nitrogen and oxygen atoms in total. The zero-order valence-corrected chi connectivity index (χ0v) is 10.9. The predicted octanol–water partition coefficient (Wildman–Crippen LogP) is 0.409. The summed E-state index contributed by atoms with van der Waals surface area (Å²) in [5.41, 5.74) is 2.31. The first kappa shape index (κ1) is 12.4. The van der Waals surface area contributed by atoms with E-state index in [0.717, 1.165) is 44.0 Å². The molecule has 1 saturated heterocycles. The highest BCUT2D eigenvalue weighted by molar-refractivity contribution is 5.50. The van der Waals surface area contributed by atoms with Gasteiger partial charge in [0.15, 0.2) is 0 Å². The molecule has 1 aromatic rings. The maximum absolute atomic E-state index is 9.77. The highest BCUT2D eigenvalue weighted by Gasteiger charge is 2.24. The van der Waals surface area contributed by atoms with Gasteiger partial charge in [-0.15, -0.1) is 0 Å². The van der Waals surface area contributed by atoms with Crippen molar-refractivity contribution < 1.29 is 5.11 Å². The Morgan fingerprint density at radius 1 is 1.53 bits per heavy atom. The first-order chi connectivity index (χ1) is 8.13. The Labute approximate surface area is 102 Å². The highest BCUT2D eigenvalue weighted by Crippen LogP contribution is 2.26. The summed E-state index contributed by atoms with van der Waals surface area (Å²) in [6.07, 6.45) is 1.75. The van der Waals surface area contributed by atoms with Crippen molar-refractivity contribution in [3.63, 3.8) is 0 Å². The fraction of sp³-hybridized carbons (Fsp3) is 0.750. The molecule has 0 saturated carbocycles. The molecule has 0 aliphatic carbocycles. The van der Waals surface area contributed by atoms with Crippen molar-refractivity contribution in [2.75, 3.05) is 25.0 Å². The van der Waals surface area contributed by atoms with E-state index in [4.69, 9.17) is 0 Å². The van der Waals surface area contributed by atoms with E-state index in [2.05, 4.69) is 15.3 Å². The first-order valence-electron chi connectivity index (χ1n) is 6.23. The summed E-state index contributed by atoms with van der Waals surface area (Å²) in [6, 6.07) is 0. The van der Waals surface area contributed by atoms with Crippen molar-refractivity contribution in [1.29, 1.82) is 0 Å². The van der Waals surface area contributed by atoms with E-state index in [1.807, 2.05) is 25.7 Å². The van der Waals surface area contributed by atoms with Crippen LogP contribution in [0.3, 0.4) is 0 Å². The second-order valence-corrected chi connectivity index (χ2v) is 4.78.